The molecule has 27 heavy (non-hydrogen) atoms. The summed E-state index contributed by atoms with van der Waals surface area (Å²) in [4.78, 5) is 12.2. The Labute approximate surface area is 158 Å². The molecule has 3 aromatic rings. The predicted molar refractivity (Wildman–Crippen MR) is 104 cm³/mol. The summed E-state index contributed by atoms with van der Waals surface area (Å²) in [5, 5.41) is 11.9. The number of carbonyl (C=O) groups is 1. The summed E-state index contributed by atoms with van der Waals surface area (Å²) in [6, 6.07) is 20.7. The van der Waals surface area contributed by atoms with Gasteiger partial charge in [0.15, 0.2) is 6.61 Å². The second kappa shape index (κ2) is 8.24. The Hall–Kier alpha value is -3.52. The first-order valence-electron chi connectivity index (χ1n) is 8.69. The van der Waals surface area contributed by atoms with E-state index in [4.69, 9.17) is 9.15 Å². The van der Waals surface area contributed by atoms with Gasteiger partial charge in [0.2, 0.25) is 5.88 Å². The average Bonchev–Trinajstić information content (AvgIpc) is 3.10. The molecular formula is C22H20N2O3. The zero-order chi connectivity index (χ0) is 19.2. The predicted octanol–water partition coefficient (Wildman–Crippen LogP) is 4.96. The number of carbonyl (C=O) groups excluding carboxylic acids is 1. The van der Waals surface area contributed by atoms with E-state index in [-0.39, 0.29) is 18.1 Å². The van der Waals surface area contributed by atoms with Gasteiger partial charge in [0.1, 0.15) is 23.1 Å². The number of ether oxygens (including phenoxy) is 1. The third-order valence-corrected chi connectivity index (χ3v) is 4.08. The van der Waals surface area contributed by atoms with Gasteiger partial charge < -0.3 is 9.15 Å². The minimum atomic E-state index is -0.395. The highest BCUT2D eigenvalue weighted by Crippen LogP contribution is 2.28. The molecular weight excluding hydrogens is 340 g/mol. The van der Waals surface area contributed by atoms with Gasteiger partial charge in [-0.05, 0) is 23.6 Å². The Bertz CT molecular complexity index is 951. The van der Waals surface area contributed by atoms with Crippen molar-refractivity contribution in [1.29, 1.82) is 5.26 Å². The van der Waals surface area contributed by atoms with Gasteiger partial charge in [-0.3, -0.25) is 10.1 Å². The molecule has 5 nitrogen and oxygen atoms in total. The van der Waals surface area contributed by atoms with Gasteiger partial charge in [-0.25, -0.2) is 0 Å². The normalized spacial score (nSPS) is 10.4. The van der Waals surface area contributed by atoms with Crippen molar-refractivity contribution in [2.75, 3.05) is 11.9 Å². The van der Waals surface area contributed by atoms with Crippen molar-refractivity contribution in [3.63, 3.8) is 0 Å². The largest absolute Gasteiger partial charge is 0.484 e. The molecule has 0 aliphatic heterocycles. The first-order chi connectivity index (χ1) is 13.1. The molecule has 0 unspecified atom stereocenters. The number of nitriles is 1. The Morgan fingerprint density at radius 2 is 1.85 bits per heavy atom. The van der Waals surface area contributed by atoms with Gasteiger partial charge in [-0.2, -0.15) is 5.26 Å². The Morgan fingerprint density at radius 3 is 2.48 bits per heavy atom. The highest BCUT2D eigenvalue weighted by atomic mass is 16.5. The third-order valence-electron chi connectivity index (χ3n) is 4.08. The van der Waals surface area contributed by atoms with Gasteiger partial charge in [0.05, 0.1) is 0 Å². The minimum absolute atomic E-state index is 0.125. The molecule has 0 atom stereocenters. The third kappa shape index (κ3) is 4.56. The molecule has 0 spiro atoms. The molecule has 2 aromatic carbocycles. The molecule has 0 aliphatic rings. The number of hydrogen-bond donors (Lipinski definition) is 1. The minimum Gasteiger partial charge on any atom is -0.484 e. The number of nitrogens with zero attached hydrogens (tertiary/aromatic N) is 1. The molecule has 1 heterocycles. The van der Waals surface area contributed by atoms with Crippen molar-refractivity contribution in [3.8, 4) is 23.1 Å². The molecule has 0 saturated carbocycles. The van der Waals surface area contributed by atoms with E-state index in [0.29, 0.717) is 17.4 Å². The maximum absolute atomic E-state index is 12.2. The molecule has 3 rings (SSSR count). The molecule has 0 aliphatic carbocycles. The Balaban J connectivity index is 1.64. The number of amides is 1. The van der Waals surface area contributed by atoms with Gasteiger partial charge in [0, 0.05) is 11.6 Å². The fraction of sp³-hybridized carbons (Fsp3) is 0.182. The van der Waals surface area contributed by atoms with Crippen LogP contribution in [0.1, 0.15) is 30.9 Å². The van der Waals surface area contributed by atoms with E-state index in [0.717, 1.165) is 5.56 Å². The topological polar surface area (TPSA) is 75.3 Å². The number of rotatable bonds is 6. The monoisotopic (exact) mass is 360 g/mol. The van der Waals surface area contributed by atoms with Crippen LogP contribution >= 0.6 is 0 Å². The lowest BCUT2D eigenvalue weighted by Crippen LogP contribution is -2.20. The summed E-state index contributed by atoms with van der Waals surface area (Å²) >= 11 is 0. The summed E-state index contributed by atoms with van der Waals surface area (Å²) in [5.41, 5.74) is 2.30. The zero-order valence-corrected chi connectivity index (χ0v) is 15.2. The molecule has 0 bridgehead atoms. The number of anilines is 1. The molecule has 1 aromatic heterocycles. The van der Waals surface area contributed by atoms with E-state index >= 15 is 0 Å². The van der Waals surface area contributed by atoms with Gasteiger partial charge >= 0.3 is 0 Å². The maximum atomic E-state index is 12.2. The van der Waals surface area contributed by atoms with Crippen LogP contribution in [0.15, 0.2) is 65.1 Å². The lowest BCUT2D eigenvalue weighted by molar-refractivity contribution is -0.118. The molecule has 1 N–H and O–H groups in total. The van der Waals surface area contributed by atoms with E-state index in [1.54, 1.807) is 6.07 Å². The van der Waals surface area contributed by atoms with Gasteiger partial charge in [-0.1, -0.05) is 56.3 Å². The average molecular weight is 360 g/mol. The number of benzene rings is 2. The van der Waals surface area contributed by atoms with Crippen LogP contribution in [0.2, 0.25) is 0 Å². The molecule has 0 fully saturated rings. The van der Waals surface area contributed by atoms with Crippen LogP contribution in [0.25, 0.3) is 11.3 Å². The van der Waals surface area contributed by atoms with Crippen LogP contribution in [0.3, 0.4) is 0 Å². The van der Waals surface area contributed by atoms with Crippen molar-refractivity contribution < 1.29 is 13.9 Å². The first kappa shape index (κ1) is 18.3. The van der Waals surface area contributed by atoms with E-state index < -0.39 is 5.91 Å². The molecule has 0 radical (unpaired) electrons. The van der Waals surface area contributed by atoms with Crippen LogP contribution < -0.4 is 10.1 Å². The Kier molecular flexibility index (Phi) is 5.58. The van der Waals surface area contributed by atoms with E-state index in [1.165, 1.54) is 5.56 Å². The van der Waals surface area contributed by atoms with Crippen molar-refractivity contribution in [3.05, 3.63) is 71.8 Å². The molecule has 0 saturated heterocycles. The van der Waals surface area contributed by atoms with Gasteiger partial charge in [-0.15, -0.1) is 0 Å². The summed E-state index contributed by atoms with van der Waals surface area (Å²) in [6.45, 7) is 4.06. The van der Waals surface area contributed by atoms with Crippen LogP contribution in [-0.2, 0) is 4.79 Å². The van der Waals surface area contributed by atoms with Crippen LogP contribution in [0.5, 0.6) is 5.75 Å². The highest BCUT2D eigenvalue weighted by Gasteiger charge is 2.15. The molecule has 5 heteroatoms. The van der Waals surface area contributed by atoms with E-state index in [1.807, 2.05) is 60.7 Å². The van der Waals surface area contributed by atoms with Crippen LogP contribution in [-0.4, -0.2) is 12.5 Å². The number of hydrogen-bond acceptors (Lipinski definition) is 4. The fourth-order valence-electron chi connectivity index (χ4n) is 2.57. The summed E-state index contributed by atoms with van der Waals surface area (Å²) in [5.74, 6) is 1.30. The second-order valence-corrected chi connectivity index (χ2v) is 6.39. The van der Waals surface area contributed by atoms with Crippen molar-refractivity contribution in [2.24, 2.45) is 0 Å². The maximum Gasteiger partial charge on any atom is 0.264 e. The highest BCUT2D eigenvalue weighted by molar-refractivity contribution is 5.92. The Morgan fingerprint density at radius 1 is 1.15 bits per heavy atom. The van der Waals surface area contributed by atoms with Crippen LogP contribution in [0.4, 0.5) is 5.88 Å². The fourth-order valence-corrected chi connectivity index (χ4v) is 2.57. The van der Waals surface area contributed by atoms with Crippen molar-refractivity contribution >= 4 is 11.8 Å². The van der Waals surface area contributed by atoms with Gasteiger partial charge in [0.25, 0.3) is 5.91 Å². The summed E-state index contributed by atoms with van der Waals surface area (Å²) < 4.78 is 11.1. The first-order valence-corrected chi connectivity index (χ1v) is 8.69. The quantitative estimate of drug-likeness (QED) is 0.674. The lowest BCUT2D eigenvalue weighted by atomic mass is 10.0. The zero-order valence-electron chi connectivity index (χ0n) is 15.2. The lowest BCUT2D eigenvalue weighted by Gasteiger charge is -2.08. The van der Waals surface area contributed by atoms with Crippen molar-refractivity contribution in [2.45, 2.75) is 19.8 Å². The van der Waals surface area contributed by atoms with Crippen molar-refractivity contribution in [1.82, 2.24) is 0 Å². The van der Waals surface area contributed by atoms with E-state index in [2.05, 4.69) is 19.2 Å². The molecule has 136 valence electrons. The number of furan rings is 1. The van der Waals surface area contributed by atoms with E-state index in [9.17, 15) is 10.1 Å². The van der Waals surface area contributed by atoms with Crippen LogP contribution in [0, 0.1) is 11.3 Å². The summed E-state index contributed by atoms with van der Waals surface area (Å²) in [7, 11) is 0. The smallest absolute Gasteiger partial charge is 0.264 e. The number of nitrogens with one attached hydrogen (secondary N) is 1. The standard InChI is InChI=1S/C22H20N2O3/c1-15(2)16-8-10-19(11-9-16)26-14-21(25)24-22-18(13-23)12-20(27-22)17-6-4-3-5-7-17/h3-12,15H,14H2,1-2H3,(H,24,25). The molecule has 1 amide bonds. The second-order valence-electron chi connectivity index (χ2n) is 6.39. The SMILES string of the molecule is CC(C)c1ccc(OCC(=O)Nc2oc(-c3ccccc3)cc2C#N)cc1. The summed E-state index contributed by atoms with van der Waals surface area (Å²) in [6.07, 6.45) is 0.